The lowest BCUT2D eigenvalue weighted by atomic mass is 9.68. The minimum Gasteiger partial charge on any atom is -0.497 e. The van der Waals surface area contributed by atoms with E-state index in [2.05, 4.69) is 95.0 Å². The topological polar surface area (TPSA) is 63.3 Å². The Morgan fingerprint density at radius 3 is 2.06 bits per heavy atom. The maximum Gasteiger partial charge on any atom is 0.220 e. The number of rotatable bonds is 16. The highest BCUT2D eigenvalue weighted by atomic mass is 16.5. The van der Waals surface area contributed by atoms with Gasteiger partial charge in [0.05, 0.1) is 21.3 Å². The molecule has 0 radical (unpaired) electrons. The summed E-state index contributed by atoms with van der Waals surface area (Å²) in [6, 6.07) is 34.5. The van der Waals surface area contributed by atoms with Crippen LogP contribution >= 0.6 is 0 Å². The van der Waals surface area contributed by atoms with E-state index in [1.54, 1.807) is 21.3 Å². The van der Waals surface area contributed by atoms with Gasteiger partial charge < -0.3 is 24.4 Å². The number of hydrogen-bond acceptors (Lipinski definition) is 6. The number of aryl methyl sites for hydroxylation is 2. The fraction of sp³-hybridized carbons (Fsp3) is 0.444. The molecule has 0 bridgehead atoms. The summed E-state index contributed by atoms with van der Waals surface area (Å²) in [6.07, 6.45) is 8.39. The highest BCUT2D eigenvalue weighted by molar-refractivity contribution is 5.76. The molecule has 1 saturated heterocycles. The van der Waals surface area contributed by atoms with Crippen LogP contribution in [0.5, 0.6) is 17.2 Å². The minimum atomic E-state index is -0.154. The molecule has 276 valence electrons. The van der Waals surface area contributed by atoms with E-state index in [0.717, 1.165) is 100 Å². The van der Waals surface area contributed by atoms with Gasteiger partial charge in [-0.2, -0.15) is 0 Å². The first kappa shape index (κ1) is 37.4. The summed E-state index contributed by atoms with van der Waals surface area (Å²) in [4.78, 5) is 18.2. The number of amides is 1. The number of ether oxygens (including phenoxy) is 3. The average molecular weight is 704 g/mol. The van der Waals surface area contributed by atoms with E-state index in [0.29, 0.717) is 13.0 Å². The molecule has 52 heavy (non-hydrogen) atoms. The number of piperazine rings is 1. The molecule has 7 nitrogen and oxygen atoms in total. The van der Waals surface area contributed by atoms with Crippen LogP contribution in [-0.4, -0.2) is 82.3 Å². The van der Waals surface area contributed by atoms with E-state index in [1.807, 2.05) is 24.3 Å². The molecule has 4 aromatic rings. The van der Waals surface area contributed by atoms with Crippen molar-refractivity contribution in [1.29, 1.82) is 0 Å². The Morgan fingerprint density at radius 2 is 1.42 bits per heavy atom. The monoisotopic (exact) mass is 703 g/mol. The molecule has 1 unspecified atom stereocenters. The Bertz CT molecular complexity index is 1690. The molecule has 1 N–H and O–H groups in total. The summed E-state index contributed by atoms with van der Waals surface area (Å²) in [5.41, 5.74) is 6.56. The van der Waals surface area contributed by atoms with E-state index in [9.17, 15) is 4.79 Å². The number of nitrogens with one attached hydrogen (secondary N) is 1. The van der Waals surface area contributed by atoms with Crippen molar-refractivity contribution in [1.82, 2.24) is 15.1 Å². The molecule has 0 saturated carbocycles. The van der Waals surface area contributed by atoms with Gasteiger partial charge in [-0.25, -0.2) is 0 Å². The van der Waals surface area contributed by atoms with Crippen LogP contribution in [0.3, 0.4) is 0 Å². The smallest absolute Gasteiger partial charge is 0.220 e. The molecule has 1 spiro atoms. The van der Waals surface area contributed by atoms with Gasteiger partial charge in [-0.05, 0) is 117 Å². The second-order valence-corrected chi connectivity index (χ2v) is 14.8. The van der Waals surface area contributed by atoms with Gasteiger partial charge in [-0.1, -0.05) is 72.8 Å². The first-order valence-electron chi connectivity index (χ1n) is 19.1. The Hall–Kier alpha value is -4.33. The van der Waals surface area contributed by atoms with Crippen molar-refractivity contribution in [2.24, 2.45) is 0 Å². The third-order valence-corrected chi connectivity index (χ3v) is 11.7. The lowest BCUT2D eigenvalue weighted by Gasteiger charge is -2.53. The predicted molar refractivity (Wildman–Crippen MR) is 210 cm³/mol. The molecule has 1 aliphatic heterocycles. The number of hydrogen-bond donors (Lipinski definition) is 1. The molecule has 4 aromatic carbocycles. The maximum atomic E-state index is 12.9. The average Bonchev–Trinajstić information content (AvgIpc) is 3.19. The zero-order valence-corrected chi connectivity index (χ0v) is 31.7. The molecule has 1 amide bonds. The fourth-order valence-electron chi connectivity index (χ4n) is 8.85. The summed E-state index contributed by atoms with van der Waals surface area (Å²) in [7, 11) is 7.39. The van der Waals surface area contributed by atoms with Gasteiger partial charge in [-0.15, -0.1) is 0 Å². The van der Waals surface area contributed by atoms with Crippen LogP contribution in [0.25, 0.3) is 0 Å². The van der Waals surface area contributed by atoms with Crippen molar-refractivity contribution in [3.8, 4) is 17.2 Å². The lowest BCUT2D eigenvalue weighted by molar-refractivity contribution is -0.121. The standard InChI is InChI=1S/C45H57N3O4/c1-47-29-30-48(44(34-47)26-23-36-31-41(51-3)42(52-4)32-37(36)33-44)28-12-25-45(38-13-7-5-8-14-38,39-15-9-6-10-16-39)24-11-27-46-43(49)22-19-35-17-20-40(50-2)21-18-35/h5-10,13-18,20-21,31-32H,11-12,19,22-30,33-34H2,1-4H3,(H,46,49). The van der Waals surface area contributed by atoms with E-state index < -0.39 is 0 Å². The van der Waals surface area contributed by atoms with E-state index >= 15 is 0 Å². The molecule has 2 aliphatic rings. The van der Waals surface area contributed by atoms with Crippen LogP contribution in [0.2, 0.25) is 0 Å². The van der Waals surface area contributed by atoms with Crippen LogP contribution in [0.15, 0.2) is 97.1 Å². The molecule has 1 atom stereocenters. The van der Waals surface area contributed by atoms with Gasteiger partial charge in [-0.3, -0.25) is 9.69 Å². The maximum absolute atomic E-state index is 12.9. The Kier molecular flexibility index (Phi) is 12.6. The lowest BCUT2D eigenvalue weighted by Crippen LogP contribution is -2.63. The number of likely N-dealkylation sites (N-methyl/N-ethyl adjacent to an activating group) is 1. The second kappa shape index (κ2) is 17.5. The summed E-state index contributed by atoms with van der Waals surface area (Å²) >= 11 is 0. The Morgan fingerprint density at radius 1 is 0.788 bits per heavy atom. The number of nitrogens with zero attached hydrogens (tertiary/aromatic N) is 2. The SMILES string of the molecule is COc1ccc(CCC(=O)NCCCC(CCCN2CCN(C)CC23CCc2cc(OC)c(OC)cc2C3)(c2ccccc2)c2ccccc2)cc1. The molecule has 6 rings (SSSR count). The van der Waals surface area contributed by atoms with E-state index in [-0.39, 0.29) is 16.9 Å². The molecule has 1 aliphatic carbocycles. The summed E-state index contributed by atoms with van der Waals surface area (Å²) < 4.78 is 16.6. The first-order valence-corrected chi connectivity index (χ1v) is 19.1. The largest absolute Gasteiger partial charge is 0.497 e. The highest BCUT2D eigenvalue weighted by Crippen LogP contribution is 2.43. The first-order chi connectivity index (χ1) is 25.4. The van der Waals surface area contributed by atoms with Crippen molar-refractivity contribution in [2.45, 2.75) is 68.7 Å². The Labute approximate surface area is 311 Å². The van der Waals surface area contributed by atoms with Gasteiger partial charge in [0.1, 0.15) is 5.75 Å². The summed E-state index contributed by atoms with van der Waals surface area (Å²) in [6.45, 7) is 4.95. The minimum absolute atomic E-state index is 0.0951. The third-order valence-electron chi connectivity index (χ3n) is 11.7. The highest BCUT2D eigenvalue weighted by Gasteiger charge is 2.43. The van der Waals surface area contributed by atoms with Crippen molar-refractivity contribution < 1.29 is 19.0 Å². The van der Waals surface area contributed by atoms with Gasteiger partial charge in [0.2, 0.25) is 5.91 Å². The van der Waals surface area contributed by atoms with Crippen LogP contribution < -0.4 is 19.5 Å². The van der Waals surface area contributed by atoms with Crippen LogP contribution in [-0.2, 0) is 29.5 Å². The molecule has 0 aromatic heterocycles. The number of benzene rings is 4. The van der Waals surface area contributed by atoms with Crippen molar-refractivity contribution >= 4 is 5.91 Å². The second-order valence-electron chi connectivity index (χ2n) is 14.8. The fourth-order valence-corrected chi connectivity index (χ4v) is 8.85. The summed E-state index contributed by atoms with van der Waals surface area (Å²) in [5.74, 6) is 2.57. The number of fused-ring (bicyclic) bond motifs is 1. The Balaban J connectivity index is 1.16. The van der Waals surface area contributed by atoms with Gasteiger partial charge in [0.15, 0.2) is 11.5 Å². The molecular formula is C45H57N3O4. The van der Waals surface area contributed by atoms with Crippen LogP contribution in [0.1, 0.15) is 66.3 Å². The normalized spacial score (nSPS) is 17.8. The van der Waals surface area contributed by atoms with Crippen molar-refractivity contribution in [3.05, 3.63) is 125 Å². The third kappa shape index (κ3) is 8.65. The zero-order valence-electron chi connectivity index (χ0n) is 31.7. The number of carbonyl (C=O) groups excluding carboxylic acids is 1. The van der Waals surface area contributed by atoms with Crippen molar-refractivity contribution in [3.63, 3.8) is 0 Å². The number of methoxy groups -OCH3 is 3. The predicted octanol–water partition coefficient (Wildman–Crippen LogP) is 7.48. The van der Waals surface area contributed by atoms with Crippen LogP contribution in [0, 0.1) is 0 Å². The van der Waals surface area contributed by atoms with Gasteiger partial charge in [0.25, 0.3) is 0 Å². The van der Waals surface area contributed by atoms with Gasteiger partial charge >= 0.3 is 0 Å². The molecule has 7 heteroatoms. The number of carbonyl (C=O) groups is 1. The van der Waals surface area contributed by atoms with Gasteiger partial charge in [0, 0.05) is 43.6 Å². The molecule has 1 heterocycles. The summed E-state index contributed by atoms with van der Waals surface area (Å²) in [5, 5.41) is 3.23. The quantitative estimate of drug-likeness (QED) is 0.122. The molecule has 1 fully saturated rings. The van der Waals surface area contributed by atoms with Crippen molar-refractivity contribution in [2.75, 3.05) is 61.1 Å². The molecular weight excluding hydrogens is 647 g/mol. The zero-order chi connectivity index (χ0) is 36.4. The van der Waals surface area contributed by atoms with E-state index in [1.165, 1.54) is 22.3 Å². The van der Waals surface area contributed by atoms with Crippen LogP contribution in [0.4, 0.5) is 0 Å². The van der Waals surface area contributed by atoms with E-state index in [4.69, 9.17) is 14.2 Å².